The number of hydrogen-bond donors (Lipinski definition) is 0. The molecular weight excluding hydrogens is 361 g/mol. The average Bonchev–Trinajstić information content (AvgIpc) is 2.73. The number of pyridine rings is 1. The Morgan fingerprint density at radius 1 is 1.18 bits per heavy atom. The van der Waals surface area contributed by atoms with Gasteiger partial charge in [-0.2, -0.15) is 0 Å². The fourth-order valence-corrected chi connectivity index (χ4v) is 3.88. The summed E-state index contributed by atoms with van der Waals surface area (Å²) in [6.45, 7) is 3.06. The van der Waals surface area contributed by atoms with Crippen LogP contribution in [0.4, 0.5) is 10.1 Å². The van der Waals surface area contributed by atoms with Gasteiger partial charge in [-0.15, -0.1) is 0 Å². The largest absolute Gasteiger partial charge is 0.481 e. The summed E-state index contributed by atoms with van der Waals surface area (Å²) in [6.07, 6.45) is 1.67. The molecule has 0 radical (unpaired) electrons. The van der Waals surface area contributed by atoms with Crippen molar-refractivity contribution in [2.45, 2.75) is 25.0 Å². The third-order valence-electron chi connectivity index (χ3n) is 5.53. The van der Waals surface area contributed by atoms with Crippen LogP contribution in [0.1, 0.15) is 18.5 Å². The van der Waals surface area contributed by atoms with Gasteiger partial charge in [0, 0.05) is 31.4 Å². The molecule has 0 unspecified atom stereocenters. The number of methoxy groups -OCH3 is 1. The standard InChI is InChI=1S/C21H24FN3O3/c1-27-19-4-2-3-17(23-19)13-24-11-9-21(10-12-24)15-25(20(26)14-28-21)18-7-5-16(22)6-8-18/h2-8H,9-15H2,1H3. The topological polar surface area (TPSA) is 54.9 Å². The second kappa shape index (κ2) is 7.85. The zero-order valence-electron chi connectivity index (χ0n) is 15.9. The molecular formula is C21H24FN3O3. The molecule has 0 bridgehead atoms. The molecule has 7 heteroatoms. The normalized spacial score (nSPS) is 19.8. The lowest BCUT2D eigenvalue weighted by Crippen LogP contribution is -2.58. The number of nitrogens with zero attached hydrogens (tertiary/aromatic N) is 3. The van der Waals surface area contributed by atoms with E-state index >= 15 is 0 Å². The van der Waals surface area contributed by atoms with Crippen molar-refractivity contribution in [1.82, 2.24) is 9.88 Å². The van der Waals surface area contributed by atoms with Crippen LogP contribution in [-0.4, -0.2) is 54.7 Å². The quantitative estimate of drug-likeness (QED) is 0.810. The van der Waals surface area contributed by atoms with E-state index in [-0.39, 0.29) is 23.9 Å². The maximum Gasteiger partial charge on any atom is 0.253 e. The number of anilines is 1. The fraction of sp³-hybridized carbons (Fsp3) is 0.429. The van der Waals surface area contributed by atoms with Gasteiger partial charge in [0.05, 0.1) is 24.9 Å². The Balaban J connectivity index is 1.40. The Labute approximate surface area is 163 Å². The summed E-state index contributed by atoms with van der Waals surface area (Å²) in [6, 6.07) is 11.8. The van der Waals surface area contributed by atoms with E-state index in [4.69, 9.17) is 9.47 Å². The zero-order valence-corrected chi connectivity index (χ0v) is 15.9. The second-order valence-corrected chi connectivity index (χ2v) is 7.38. The maximum absolute atomic E-state index is 13.2. The van der Waals surface area contributed by atoms with Gasteiger partial charge in [-0.05, 0) is 43.2 Å². The third kappa shape index (κ3) is 4.00. The molecule has 0 N–H and O–H groups in total. The van der Waals surface area contributed by atoms with Crippen LogP contribution in [0.25, 0.3) is 0 Å². The van der Waals surface area contributed by atoms with Crippen molar-refractivity contribution in [2.75, 3.05) is 38.3 Å². The Hall–Kier alpha value is -2.51. The van der Waals surface area contributed by atoms with Crippen molar-refractivity contribution in [3.8, 4) is 5.88 Å². The summed E-state index contributed by atoms with van der Waals surface area (Å²) in [4.78, 5) is 20.9. The van der Waals surface area contributed by atoms with Crippen molar-refractivity contribution >= 4 is 11.6 Å². The minimum absolute atomic E-state index is 0.0643. The number of hydrogen-bond acceptors (Lipinski definition) is 5. The SMILES string of the molecule is COc1cccc(CN2CCC3(CC2)CN(c2ccc(F)cc2)C(=O)CO3)n1. The number of carbonyl (C=O) groups is 1. The number of morpholine rings is 1. The van der Waals surface area contributed by atoms with Gasteiger partial charge in [-0.25, -0.2) is 9.37 Å². The van der Waals surface area contributed by atoms with Crippen LogP contribution in [0.3, 0.4) is 0 Å². The number of piperidine rings is 1. The van der Waals surface area contributed by atoms with Gasteiger partial charge in [-0.1, -0.05) is 6.07 Å². The summed E-state index contributed by atoms with van der Waals surface area (Å²) in [5.74, 6) is 0.230. The van der Waals surface area contributed by atoms with E-state index in [1.807, 2.05) is 18.2 Å². The summed E-state index contributed by atoms with van der Waals surface area (Å²) < 4.78 is 24.4. The lowest BCUT2D eigenvalue weighted by molar-refractivity contribution is -0.145. The van der Waals surface area contributed by atoms with Gasteiger partial charge in [0.2, 0.25) is 5.88 Å². The molecule has 1 aromatic heterocycles. The number of amides is 1. The van der Waals surface area contributed by atoms with Crippen molar-refractivity contribution in [3.05, 3.63) is 54.0 Å². The van der Waals surface area contributed by atoms with Crippen LogP contribution < -0.4 is 9.64 Å². The van der Waals surface area contributed by atoms with E-state index in [0.29, 0.717) is 12.4 Å². The highest BCUT2D eigenvalue weighted by Gasteiger charge is 2.42. The van der Waals surface area contributed by atoms with Gasteiger partial charge >= 0.3 is 0 Å². The Morgan fingerprint density at radius 3 is 2.64 bits per heavy atom. The van der Waals surface area contributed by atoms with Crippen molar-refractivity contribution in [1.29, 1.82) is 0 Å². The summed E-state index contributed by atoms with van der Waals surface area (Å²) in [7, 11) is 1.62. The van der Waals surface area contributed by atoms with Crippen molar-refractivity contribution < 1.29 is 18.7 Å². The first-order valence-corrected chi connectivity index (χ1v) is 9.49. The van der Waals surface area contributed by atoms with Crippen LogP contribution >= 0.6 is 0 Å². The van der Waals surface area contributed by atoms with E-state index < -0.39 is 0 Å². The van der Waals surface area contributed by atoms with Gasteiger partial charge in [0.25, 0.3) is 5.91 Å². The van der Waals surface area contributed by atoms with Gasteiger partial charge < -0.3 is 14.4 Å². The molecule has 0 aliphatic carbocycles. The monoisotopic (exact) mass is 385 g/mol. The first-order chi connectivity index (χ1) is 13.6. The van der Waals surface area contributed by atoms with E-state index in [0.717, 1.165) is 43.9 Å². The molecule has 3 heterocycles. The molecule has 4 rings (SSSR count). The molecule has 148 valence electrons. The van der Waals surface area contributed by atoms with E-state index in [9.17, 15) is 9.18 Å². The van der Waals surface area contributed by atoms with Gasteiger partial charge in [0.15, 0.2) is 0 Å². The van der Waals surface area contributed by atoms with Crippen molar-refractivity contribution in [2.24, 2.45) is 0 Å². The molecule has 1 amide bonds. The van der Waals surface area contributed by atoms with Crippen molar-refractivity contribution in [3.63, 3.8) is 0 Å². The number of likely N-dealkylation sites (tertiary alicyclic amines) is 1. The summed E-state index contributed by atoms with van der Waals surface area (Å²) in [5.41, 5.74) is 1.35. The van der Waals surface area contributed by atoms with E-state index in [1.54, 1.807) is 24.1 Å². The lowest BCUT2D eigenvalue weighted by atomic mass is 9.89. The number of benzene rings is 1. The summed E-state index contributed by atoms with van der Waals surface area (Å²) in [5, 5.41) is 0. The number of ether oxygens (including phenoxy) is 2. The lowest BCUT2D eigenvalue weighted by Gasteiger charge is -2.47. The second-order valence-electron chi connectivity index (χ2n) is 7.38. The molecule has 28 heavy (non-hydrogen) atoms. The van der Waals surface area contributed by atoms with Crippen LogP contribution in [0.15, 0.2) is 42.5 Å². The fourth-order valence-electron chi connectivity index (χ4n) is 3.88. The molecule has 1 spiro atoms. The minimum atomic E-state index is -0.347. The van der Waals surface area contributed by atoms with Crippen LogP contribution in [0.2, 0.25) is 0 Å². The first-order valence-electron chi connectivity index (χ1n) is 9.49. The minimum Gasteiger partial charge on any atom is -0.481 e. The number of aromatic nitrogens is 1. The predicted octanol–water partition coefficient (Wildman–Crippen LogP) is 2.63. The maximum atomic E-state index is 13.2. The molecule has 2 aliphatic rings. The zero-order chi connectivity index (χ0) is 19.6. The predicted molar refractivity (Wildman–Crippen MR) is 103 cm³/mol. The van der Waals surface area contributed by atoms with Crippen LogP contribution in [0.5, 0.6) is 5.88 Å². The number of rotatable bonds is 4. The van der Waals surface area contributed by atoms with E-state index in [1.165, 1.54) is 12.1 Å². The molecule has 2 aliphatic heterocycles. The highest BCUT2D eigenvalue weighted by molar-refractivity contribution is 5.95. The van der Waals surface area contributed by atoms with E-state index in [2.05, 4.69) is 9.88 Å². The smallest absolute Gasteiger partial charge is 0.253 e. The molecule has 2 fully saturated rings. The Bertz CT molecular complexity index is 835. The van der Waals surface area contributed by atoms with Gasteiger partial charge in [0.1, 0.15) is 12.4 Å². The molecule has 0 atom stereocenters. The van der Waals surface area contributed by atoms with Gasteiger partial charge in [-0.3, -0.25) is 9.69 Å². The third-order valence-corrected chi connectivity index (χ3v) is 5.53. The van der Waals surface area contributed by atoms with Crippen LogP contribution in [-0.2, 0) is 16.1 Å². The number of carbonyl (C=O) groups excluding carboxylic acids is 1. The number of halogens is 1. The first kappa shape index (κ1) is 18.8. The molecule has 2 saturated heterocycles. The Kier molecular flexibility index (Phi) is 5.28. The molecule has 0 saturated carbocycles. The average molecular weight is 385 g/mol. The highest BCUT2D eigenvalue weighted by atomic mass is 19.1. The summed E-state index contributed by atoms with van der Waals surface area (Å²) >= 11 is 0. The van der Waals surface area contributed by atoms with Crippen LogP contribution in [0, 0.1) is 5.82 Å². The highest BCUT2D eigenvalue weighted by Crippen LogP contribution is 2.33. The Morgan fingerprint density at radius 2 is 1.93 bits per heavy atom. The molecule has 1 aromatic carbocycles. The molecule has 6 nitrogen and oxygen atoms in total. The molecule has 2 aromatic rings.